The lowest BCUT2D eigenvalue weighted by atomic mass is 9.92. The molecule has 1 atom stereocenters. The maximum atomic E-state index is 14.1. The van der Waals surface area contributed by atoms with Crippen LogP contribution in [0.5, 0.6) is 11.5 Å². The molecule has 1 aliphatic rings. The van der Waals surface area contributed by atoms with E-state index in [1.54, 1.807) is 6.07 Å². The Kier molecular flexibility index (Phi) is 3.93. The molecule has 0 fully saturated rings. The van der Waals surface area contributed by atoms with E-state index in [-0.39, 0.29) is 17.6 Å². The third-order valence-corrected chi connectivity index (χ3v) is 4.03. The summed E-state index contributed by atoms with van der Waals surface area (Å²) >= 11 is 0. The van der Waals surface area contributed by atoms with E-state index in [0.29, 0.717) is 5.75 Å². The summed E-state index contributed by atoms with van der Waals surface area (Å²) in [5.41, 5.74) is 9.24. The molecule has 0 radical (unpaired) electrons. The van der Waals surface area contributed by atoms with Gasteiger partial charge in [0, 0.05) is 6.04 Å². The summed E-state index contributed by atoms with van der Waals surface area (Å²) in [5.74, 6) is 0.570. The Morgan fingerprint density at radius 2 is 1.81 bits per heavy atom. The molecule has 0 spiro atoms. The van der Waals surface area contributed by atoms with Gasteiger partial charge in [0.2, 0.25) is 0 Å². The number of halogens is 1. The fourth-order valence-corrected chi connectivity index (χ4v) is 2.78. The Bertz CT molecular complexity index is 652. The smallest absolute Gasteiger partial charge is 0.166 e. The lowest BCUT2D eigenvalue weighted by molar-refractivity contribution is 0.440. The van der Waals surface area contributed by atoms with Crippen molar-refractivity contribution < 1.29 is 9.13 Å². The first kappa shape index (κ1) is 14.1. The van der Waals surface area contributed by atoms with Crippen LogP contribution in [0.4, 0.5) is 4.39 Å². The molecule has 0 amide bonds. The van der Waals surface area contributed by atoms with Crippen molar-refractivity contribution in [3.05, 3.63) is 58.9 Å². The molecule has 2 aromatic rings. The van der Waals surface area contributed by atoms with E-state index >= 15 is 0 Å². The van der Waals surface area contributed by atoms with Crippen molar-refractivity contribution in [3.8, 4) is 11.5 Å². The Hall–Kier alpha value is -1.87. The summed E-state index contributed by atoms with van der Waals surface area (Å²) in [4.78, 5) is 0. The van der Waals surface area contributed by atoms with Gasteiger partial charge in [-0.2, -0.15) is 0 Å². The van der Waals surface area contributed by atoms with Crippen LogP contribution in [0.3, 0.4) is 0 Å². The van der Waals surface area contributed by atoms with Gasteiger partial charge in [0.25, 0.3) is 0 Å². The van der Waals surface area contributed by atoms with E-state index in [1.807, 2.05) is 25.1 Å². The lowest BCUT2D eigenvalue weighted by Gasteiger charge is -2.17. The third kappa shape index (κ3) is 3.08. The van der Waals surface area contributed by atoms with Crippen molar-refractivity contribution >= 4 is 0 Å². The zero-order valence-electron chi connectivity index (χ0n) is 12.2. The highest BCUT2D eigenvalue weighted by Gasteiger charge is 2.12. The molecule has 1 aliphatic carbocycles. The van der Waals surface area contributed by atoms with Gasteiger partial charge < -0.3 is 10.5 Å². The van der Waals surface area contributed by atoms with Crippen LogP contribution in [0.1, 0.15) is 42.5 Å². The van der Waals surface area contributed by atoms with Crippen LogP contribution in [0.25, 0.3) is 0 Å². The molecule has 0 saturated carbocycles. The van der Waals surface area contributed by atoms with E-state index in [0.717, 1.165) is 18.4 Å². The fraction of sp³-hybridized carbons (Fsp3) is 0.333. The molecule has 1 unspecified atom stereocenters. The number of fused-ring (bicyclic) bond motifs is 1. The Morgan fingerprint density at radius 3 is 2.52 bits per heavy atom. The quantitative estimate of drug-likeness (QED) is 0.900. The van der Waals surface area contributed by atoms with Gasteiger partial charge in [-0.05, 0) is 73.6 Å². The summed E-state index contributed by atoms with van der Waals surface area (Å²) in [7, 11) is 0. The molecule has 2 nitrogen and oxygen atoms in total. The van der Waals surface area contributed by atoms with Crippen molar-refractivity contribution in [1.29, 1.82) is 0 Å². The van der Waals surface area contributed by atoms with Crippen LogP contribution >= 0.6 is 0 Å². The Labute approximate surface area is 124 Å². The normalized spacial score (nSPS) is 15.4. The molecule has 2 aromatic carbocycles. The molecule has 0 aliphatic heterocycles. The highest BCUT2D eigenvalue weighted by molar-refractivity contribution is 5.40. The lowest BCUT2D eigenvalue weighted by Crippen LogP contribution is -2.05. The molecule has 110 valence electrons. The van der Waals surface area contributed by atoms with Gasteiger partial charge in [-0.1, -0.05) is 12.1 Å². The van der Waals surface area contributed by atoms with E-state index < -0.39 is 0 Å². The van der Waals surface area contributed by atoms with Gasteiger partial charge in [-0.3, -0.25) is 0 Å². The summed E-state index contributed by atoms with van der Waals surface area (Å²) in [6.45, 7) is 1.83. The molecule has 3 rings (SSSR count). The number of hydrogen-bond acceptors (Lipinski definition) is 2. The molecular weight excluding hydrogens is 265 g/mol. The number of nitrogens with two attached hydrogens (primary N) is 1. The second-order valence-corrected chi connectivity index (χ2v) is 5.72. The molecule has 0 bridgehead atoms. The molecular formula is C18H20FNO. The van der Waals surface area contributed by atoms with Crippen molar-refractivity contribution in [1.82, 2.24) is 0 Å². The van der Waals surface area contributed by atoms with Gasteiger partial charge >= 0.3 is 0 Å². The molecule has 21 heavy (non-hydrogen) atoms. The van der Waals surface area contributed by atoms with Crippen molar-refractivity contribution in [2.75, 3.05) is 0 Å². The highest BCUT2D eigenvalue weighted by Crippen LogP contribution is 2.30. The van der Waals surface area contributed by atoms with E-state index in [2.05, 4.69) is 6.07 Å². The van der Waals surface area contributed by atoms with Crippen LogP contribution < -0.4 is 10.5 Å². The third-order valence-electron chi connectivity index (χ3n) is 4.03. The fourth-order valence-electron chi connectivity index (χ4n) is 2.78. The predicted octanol–water partition coefficient (Wildman–Crippen LogP) is 4.52. The Balaban J connectivity index is 1.83. The number of ether oxygens (including phenoxy) is 1. The molecule has 2 N–H and O–H groups in total. The van der Waals surface area contributed by atoms with Crippen LogP contribution in [0, 0.1) is 5.82 Å². The van der Waals surface area contributed by atoms with Crippen molar-refractivity contribution in [3.63, 3.8) is 0 Å². The first-order chi connectivity index (χ1) is 10.1. The summed E-state index contributed by atoms with van der Waals surface area (Å²) in [6, 6.07) is 10.8. The van der Waals surface area contributed by atoms with Crippen molar-refractivity contribution in [2.45, 2.75) is 38.6 Å². The van der Waals surface area contributed by atoms with Crippen LogP contribution in [0.2, 0.25) is 0 Å². The number of aryl methyl sites for hydroxylation is 2. The number of rotatable bonds is 3. The van der Waals surface area contributed by atoms with Crippen molar-refractivity contribution in [2.24, 2.45) is 5.73 Å². The minimum absolute atomic E-state index is 0.183. The van der Waals surface area contributed by atoms with Crippen LogP contribution in [-0.4, -0.2) is 0 Å². The maximum absolute atomic E-state index is 14.1. The van der Waals surface area contributed by atoms with Gasteiger partial charge in [-0.25, -0.2) is 4.39 Å². The predicted molar refractivity (Wildman–Crippen MR) is 82.2 cm³/mol. The Morgan fingerprint density at radius 1 is 1.05 bits per heavy atom. The maximum Gasteiger partial charge on any atom is 0.166 e. The zero-order valence-corrected chi connectivity index (χ0v) is 12.2. The standard InChI is InChI=1S/C18H20FNO/c1-12(20)14-7-9-18(17(19)11-14)21-16-8-6-13-4-2-3-5-15(13)10-16/h6-12H,2-5,20H2,1H3. The zero-order chi connectivity index (χ0) is 14.8. The minimum atomic E-state index is -0.373. The highest BCUT2D eigenvalue weighted by atomic mass is 19.1. The monoisotopic (exact) mass is 285 g/mol. The molecule has 0 heterocycles. The van der Waals surface area contributed by atoms with E-state index in [4.69, 9.17) is 10.5 Å². The van der Waals surface area contributed by atoms with Gasteiger partial charge in [0.1, 0.15) is 5.75 Å². The second-order valence-electron chi connectivity index (χ2n) is 5.72. The number of hydrogen-bond donors (Lipinski definition) is 1. The first-order valence-corrected chi connectivity index (χ1v) is 7.48. The van der Waals surface area contributed by atoms with Gasteiger partial charge in [0.05, 0.1) is 0 Å². The van der Waals surface area contributed by atoms with E-state index in [9.17, 15) is 4.39 Å². The van der Waals surface area contributed by atoms with Crippen LogP contribution in [-0.2, 0) is 12.8 Å². The largest absolute Gasteiger partial charge is 0.454 e. The van der Waals surface area contributed by atoms with Crippen LogP contribution in [0.15, 0.2) is 36.4 Å². The summed E-state index contributed by atoms with van der Waals surface area (Å²) < 4.78 is 19.7. The molecule has 0 saturated heterocycles. The first-order valence-electron chi connectivity index (χ1n) is 7.48. The summed E-state index contributed by atoms with van der Waals surface area (Å²) in [5, 5.41) is 0. The number of benzene rings is 2. The SMILES string of the molecule is CC(N)c1ccc(Oc2ccc3c(c2)CCCC3)c(F)c1. The summed E-state index contributed by atoms with van der Waals surface area (Å²) in [6.07, 6.45) is 4.68. The van der Waals surface area contributed by atoms with E-state index in [1.165, 1.54) is 30.0 Å². The second kappa shape index (κ2) is 5.86. The average molecular weight is 285 g/mol. The molecule has 3 heteroatoms. The van der Waals surface area contributed by atoms with Gasteiger partial charge in [-0.15, -0.1) is 0 Å². The van der Waals surface area contributed by atoms with Gasteiger partial charge in [0.15, 0.2) is 11.6 Å². The molecule has 0 aromatic heterocycles. The topological polar surface area (TPSA) is 35.2 Å². The minimum Gasteiger partial charge on any atom is -0.454 e. The average Bonchev–Trinajstić information content (AvgIpc) is 2.49.